The van der Waals surface area contributed by atoms with E-state index in [1.807, 2.05) is 61.7 Å². The summed E-state index contributed by atoms with van der Waals surface area (Å²) in [6.45, 7) is 2.74. The van der Waals surface area contributed by atoms with E-state index in [1.54, 1.807) is 4.90 Å². The molecular weight excluding hydrogens is 503 g/mol. The number of hydrogen-bond donors (Lipinski definition) is 1. The molecule has 5 nitrogen and oxygen atoms in total. The van der Waals surface area contributed by atoms with Crippen molar-refractivity contribution in [2.75, 3.05) is 13.1 Å². The second-order valence-electron chi connectivity index (χ2n) is 10.1. The molecular formula is C31H30F3N3O2. The van der Waals surface area contributed by atoms with E-state index in [2.05, 4.69) is 4.98 Å². The number of fused-ring (bicyclic) bond motifs is 1. The number of nitrogens with zero attached hydrogens (tertiary/aromatic N) is 2. The van der Waals surface area contributed by atoms with Crippen LogP contribution in [0.25, 0.3) is 10.9 Å². The van der Waals surface area contributed by atoms with Crippen molar-refractivity contribution in [1.82, 2.24) is 14.8 Å². The van der Waals surface area contributed by atoms with Crippen LogP contribution in [0, 0.1) is 6.92 Å². The molecule has 1 aromatic heterocycles. The number of carbonyl (C=O) groups is 2. The van der Waals surface area contributed by atoms with E-state index in [0.29, 0.717) is 19.5 Å². The first-order valence-electron chi connectivity index (χ1n) is 13.1. The number of benzene rings is 3. The molecule has 0 radical (unpaired) electrons. The summed E-state index contributed by atoms with van der Waals surface area (Å²) in [5.41, 5.74) is 3.58. The Morgan fingerprint density at radius 3 is 2.31 bits per heavy atom. The summed E-state index contributed by atoms with van der Waals surface area (Å²) >= 11 is 0. The molecule has 4 aromatic rings. The first-order chi connectivity index (χ1) is 18.7. The monoisotopic (exact) mass is 533 g/mol. The van der Waals surface area contributed by atoms with Gasteiger partial charge in [-0.15, -0.1) is 0 Å². The molecule has 0 bridgehead atoms. The van der Waals surface area contributed by atoms with Gasteiger partial charge in [0, 0.05) is 41.8 Å². The van der Waals surface area contributed by atoms with Crippen LogP contribution < -0.4 is 0 Å². The lowest BCUT2D eigenvalue weighted by molar-refractivity contribution is -0.137. The van der Waals surface area contributed by atoms with Crippen molar-refractivity contribution < 1.29 is 22.8 Å². The zero-order chi connectivity index (χ0) is 27.6. The van der Waals surface area contributed by atoms with Crippen molar-refractivity contribution in [3.05, 3.63) is 107 Å². The predicted octanol–water partition coefficient (Wildman–Crippen LogP) is 6.37. The molecule has 0 spiro atoms. The Balaban J connectivity index is 1.34. The number of aromatic nitrogens is 1. The van der Waals surface area contributed by atoms with Crippen LogP contribution in [-0.2, 0) is 23.9 Å². The Hall–Kier alpha value is -4.07. The highest BCUT2D eigenvalue weighted by molar-refractivity contribution is 5.97. The normalized spacial score (nSPS) is 13.4. The molecule has 8 heteroatoms. The van der Waals surface area contributed by atoms with Gasteiger partial charge in [-0.25, -0.2) is 0 Å². The lowest BCUT2D eigenvalue weighted by atomic mass is 10.1. The lowest BCUT2D eigenvalue weighted by Crippen LogP contribution is -2.44. The quantitative estimate of drug-likeness (QED) is 0.272. The second kappa shape index (κ2) is 11.0. The van der Waals surface area contributed by atoms with Crippen molar-refractivity contribution in [1.29, 1.82) is 0 Å². The molecule has 0 saturated heterocycles. The van der Waals surface area contributed by atoms with Gasteiger partial charge in [0.1, 0.15) is 6.54 Å². The average Bonchev–Trinajstić information content (AvgIpc) is 3.69. The van der Waals surface area contributed by atoms with Gasteiger partial charge in [0.2, 0.25) is 5.91 Å². The van der Waals surface area contributed by atoms with Crippen molar-refractivity contribution in [2.45, 2.75) is 44.9 Å². The smallest absolute Gasteiger partial charge is 0.361 e. The van der Waals surface area contributed by atoms with Gasteiger partial charge in [0.05, 0.1) is 5.56 Å². The number of carbonyl (C=O) groups excluding carboxylic acids is 2. The molecule has 5 rings (SSSR count). The van der Waals surface area contributed by atoms with Gasteiger partial charge in [0.15, 0.2) is 0 Å². The molecule has 0 unspecified atom stereocenters. The summed E-state index contributed by atoms with van der Waals surface area (Å²) in [6.07, 6.45) is -0.337. The molecule has 1 fully saturated rings. The summed E-state index contributed by atoms with van der Waals surface area (Å²) < 4.78 is 39.0. The van der Waals surface area contributed by atoms with Crippen LogP contribution in [0.15, 0.2) is 79.0 Å². The van der Waals surface area contributed by atoms with Crippen LogP contribution in [0.3, 0.4) is 0 Å². The minimum atomic E-state index is -4.48. The van der Waals surface area contributed by atoms with E-state index in [1.165, 1.54) is 17.0 Å². The van der Waals surface area contributed by atoms with E-state index >= 15 is 0 Å². The first kappa shape index (κ1) is 26.5. The summed E-state index contributed by atoms with van der Waals surface area (Å²) in [5.74, 6) is -0.617. The molecule has 202 valence electrons. The van der Waals surface area contributed by atoms with Crippen LogP contribution >= 0.6 is 0 Å². The van der Waals surface area contributed by atoms with Gasteiger partial charge >= 0.3 is 6.18 Å². The van der Waals surface area contributed by atoms with E-state index in [-0.39, 0.29) is 24.1 Å². The third-order valence-corrected chi connectivity index (χ3v) is 7.19. The SMILES string of the molecule is Cc1ccc(CN(CCc2c[nH]c3ccccc23)C(=O)CN(C(=O)c2ccc(C(F)(F)F)cc2)C2CC2)cc1. The predicted molar refractivity (Wildman–Crippen MR) is 144 cm³/mol. The Labute approximate surface area is 225 Å². The second-order valence-corrected chi connectivity index (χ2v) is 10.1. The number of aryl methyl sites for hydroxylation is 1. The molecule has 1 aliphatic carbocycles. The number of hydrogen-bond acceptors (Lipinski definition) is 2. The molecule has 1 saturated carbocycles. The highest BCUT2D eigenvalue weighted by atomic mass is 19.4. The third-order valence-electron chi connectivity index (χ3n) is 7.19. The molecule has 1 aliphatic rings. The molecule has 0 atom stereocenters. The van der Waals surface area contributed by atoms with Crippen LogP contribution in [0.5, 0.6) is 0 Å². The topological polar surface area (TPSA) is 56.4 Å². The van der Waals surface area contributed by atoms with Gasteiger partial charge in [0.25, 0.3) is 5.91 Å². The maximum absolute atomic E-state index is 13.7. The third kappa shape index (κ3) is 6.33. The number of aromatic amines is 1. The first-order valence-corrected chi connectivity index (χ1v) is 13.1. The fourth-order valence-corrected chi connectivity index (χ4v) is 4.77. The number of amides is 2. The Morgan fingerprint density at radius 2 is 1.64 bits per heavy atom. The highest BCUT2D eigenvalue weighted by Gasteiger charge is 2.36. The maximum atomic E-state index is 13.7. The number of rotatable bonds is 9. The van der Waals surface area contributed by atoms with Gasteiger partial charge < -0.3 is 14.8 Å². The minimum Gasteiger partial charge on any atom is -0.361 e. The largest absolute Gasteiger partial charge is 0.416 e. The molecule has 39 heavy (non-hydrogen) atoms. The van der Waals surface area contributed by atoms with Crippen molar-refractivity contribution in [3.63, 3.8) is 0 Å². The van der Waals surface area contributed by atoms with Crippen LogP contribution in [0.2, 0.25) is 0 Å². The summed E-state index contributed by atoms with van der Waals surface area (Å²) in [4.78, 5) is 33.5. The fourth-order valence-electron chi connectivity index (χ4n) is 4.77. The van der Waals surface area contributed by atoms with Crippen molar-refractivity contribution >= 4 is 22.7 Å². The number of alkyl halides is 3. The molecule has 1 N–H and O–H groups in total. The van der Waals surface area contributed by atoms with E-state index in [4.69, 9.17) is 0 Å². The maximum Gasteiger partial charge on any atom is 0.416 e. The van der Waals surface area contributed by atoms with E-state index in [0.717, 1.165) is 52.6 Å². The summed E-state index contributed by atoms with van der Waals surface area (Å²) in [7, 11) is 0. The van der Waals surface area contributed by atoms with Crippen molar-refractivity contribution in [3.8, 4) is 0 Å². The number of nitrogens with one attached hydrogen (secondary N) is 1. The Kier molecular flexibility index (Phi) is 7.46. The molecule has 3 aromatic carbocycles. The van der Waals surface area contributed by atoms with Crippen LogP contribution in [0.4, 0.5) is 13.2 Å². The van der Waals surface area contributed by atoms with E-state index < -0.39 is 17.6 Å². The van der Waals surface area contributed by atoms with Crippen molar-refractivity contribution in [2.24, 2.45) is 0 Å². The van der Waals surface area contributed by atoms with Gasteiger partial charge in [-0.1, -0.05) is 48.0 Å². The minimum absolute atomic E-state index is 0.0846. The number of H-pyrrole nitrogens is 1. The number of para-hydroxylation sites is 1. The summed E-state index contributed by atoms with van der Waals surface area (Å²) in [5, 5.41) is 1.11. The number of halogens is 3. The van der Waals surface area contributed by atoms with Gasteiger partial charge in [-0.3, -0.25) is 9.59 Å². The fraction of sp³-hybridized carbons (Fsp3) is 0.290. The molecule has 2 amide bonds. The van der Waals surface area contributed by atoms with E-state index in [9.17, 15) is 22.8 Å². The Bertz CT molecular complexity index is 1460. The molecule has 0 aliphatic heterocycles. The average molecular weight is 534 g/mol. The van der Waals surface area contributed by atoms with Gasteiger partial charge in [-0.2, -0.15) is 13.2 Å². The summed E-state index contributed by atoms with van der Waals surface area (Å²) in [6, 6.07) is 20.1. The van der Waals surface area contributed by atoms with Crippen LogP contribution in [-0.4, -0.2) is 45.7 Å². The highest BCUT2D eigenvalue weighted by Crippen LogP contribution is 2.31. The standard InChI is InChI=1S/C31H30F3N3O2/c1-21-6-8-22(9-7-21)19-36(17-16-24-18-35-28-5-3-2-4-27(24)28)29(38)20-37(26-14-15-26)30(39)23-10-12-25(13-11-23)31(32,33)34/h2-13,18,26,35H,14-17,19-20H2,1H3. The lowest BCUT2D eigenvalue weighted by Gasteiger charge is -2.28. The van der Waals surface area contributed by atoms with Gasteiger partial charge in [-0.05, 0) is 67.6 Å². The molecule has 1 heterocycles. The Morgan fingerprint density at radius 1 is 0.949 bits per heavy atom. The zero-order valence-electron chi connectivity index (χ0n) is 21.7. The van der Waals surface area contributed by atoms with Crippen LogP contribution in [0.1, 0.15) is 45.5 Å². The zero-order valence-corrected chi connectivity index (χ0v) is 21.7.